The number of urea groups is 1. The Morgan fingerprint density at radius 2 is 1.45 bits per heavy atom. The fraction of sp³-hybridized carbons (Fsp3) is 0.429. The Morgan fingerprint density at radius 3 is 2.09 bits per heavy atom. The van der Waals surface area contributed by atoms with Crippen molar-refractivity contribution in [3.05, 3.63) is 72.3 Å². The number of carbonyl (C=O) groups excluding carboxylic acids is 2. The molecule has 9 heteroatoms. The minimum absolute atomic E-state index is 0.126. The third kappa shape index (κ3) is 7.82. The van der Waals surface area contributed by atoms with Crippen molar-refractivity contribution in [1.29, 1.82) is 0 Å². The van der Waals surface area contributed by atoms with Gasteiger partial charge in [0.15, 0.2) is 11.5 Å². The largest absolute Gasteiger partial charge is 0.490 e. The summed E-state index contributed by atoms with van der Waals surface area (Å²) in [6, 6.07) is 20.9. The molecule has 3 aromatic rings. The van der Waals surface area contributed by atoms with Gasteiger partial charge >= 0.3 is 6.03 Å². The minimum Gasteiger partial charge on any atom is -0.490 e. The molecule has 5 rings (SSSR count). The molecule has 0 spiro atoms. The lowest BCUT2D eigenvalue weighted by Gasteiger charge is -2.36. The van der Waals surface area contributed by atoms with Crippen LogP contribution >= 0.6 is 0 Å². The van der Waals surface area contributed by atoms with Crippen molar-refractivity contribution in [2.75, 3.05) is 24.3 Å². The van der Waals surface area contributed by atoms with Crippen molar-refractivity contribution in [3.8, 4) is 23.0 Å². The summed E-state index contributed by atoms with van der Waals surface area (Å²) in [5.41, 5.74) is 1.82. The van der Waals surface area contributed by atoms with E-state index in [1.54, 1.807) is 54.6 Å². The number of rotatable bonds is 12. The zero-order chi connectivity index (χ0) is 31.1. The second-order valence-corrected chi connectivity index (χ2v) is 11.6. The molecule has 2 fully saturated rings. The number of benzene rings is 3. The third-order valence-electron chi connectivity index (χ3n) is 8.64. The monoisotopic (exact) mass is 600 g/mol. The zero-order valence-corrected chi connectivity index (χ0v) is 26.1. The topological polar surface area (TPSA) is 101 Å². The first-order chi connectivity index (χ1) is 21.3. The maximum atomic E-state index is 12.9. The van der Waals surface area contributed by atoms with Gasteiger partial charge in [0.1, 0.15) is 17.6 Å². The van der Waals surface area contributed by atoms with E-state index in [9.17, 15) is 9.59 Å². The highest BCUT2D eigenvalue weighted by molar-refractivity contribution is 6.04. The van der Waals surface area contributed by atoms with E-state index in [1.807, 2.05) is 32.9 Å². The number of fused-ring (bicyclic) bond motifs is 2. The van der Waals surface area contributed by atoms with Crippen LogP contribution in [-0.2, 0) is 0 Å². The number of anilines is 2. The lowest BCUT2D eigenvalue weighted by Crippen LogP contribution is -2.43. The van der Waals surface area contributed by atoms with E-state index in [4.69, 9.17) is 14.2 Å². The van der Waals surface area contributed by atoms with Gasteiger partial charge in [0.25, 0.3) is 5.91 Å². The predicted molar refractivity (Wildman–Crippen MR) is 173 cm³/mol. The van der Waals surface area contributed by atoms with Gasteiger partial charge in [-0.2, -0.15) is 0 Å². The maximum Gasteiger partial charge on any atom is 0.319 e. The summed E-state index contributed by atoms with van der Waals surface area (Å²) in [6.07, 6.45) is 6.59. The summed E-state index contributed by atoms with van der Waals surface area (Å²) in [5.74, 6) is 2.22. The molecule has 0 saturated carbocycles. The van der Waals surface area contributed by atoms with E-state index in [2.05, 4.69) is 27.9 Å². The average Bonchev–Trinajstić information content (AvgIpc) is 3.22. The molecule has 234 valence electrons. The molecular weight excluding hydrogens is 556 g/mol. The summed E-state index contributed by atoms with van der Waals surface area (Å²) in [4.78, 5) is 27.8. The van der Waals surface area contributed by atoms with Gasteiger partial charge in [-0.1, -0.05) is 13.8 Å². The summed E-state index contributed by atoms with van der Waals surface area (Å²) in [7, 11) is 2.22. The quantitative estimate of drug-likeness (QED) is 0.200. The number of nitrogens with one attached hydrogen (secondary N) is 3. The Hall–Kier alpha value is -4.24. The van der Waals surface area contributed by atoms with Crippen LogP contribution in [0.2, 0.25) is 0 Å². The first-order valence-corrected chi connectivity index (χ1v) is 15.8. The molecular formula is C35H44N4O5. The van der Waals surface area contributed by atoms with Crippen LogP contribution in [-0.4, -0.2) is 54.7 Å². The number of amides is 3. The minimum atomic E-state index is -0.254. The number of ether oxygens (including phenoxy) is 3. The van der Waals surface area contributed by atoms with Crippen molar-refractivity contribution < 1.29 is 23.8 Å². The van der Waals surface area contributed by atoms with Gasteiger partial charge in [-0.15, -0.1) is 0 Å². The highest BCUT2D eigenvalue weighted by Gasteiger charge is 2.39. The van der Waals surface area contributed by atoms with Crippen molar-refractivity contribution in [3.63, 3.8) is 0 Å². The number of nitrogens with zero attached hydrogens (tertiary/aromatic N) is 1. The van der Waals surface area contributed by atoms with Crippen molar-refractivity contribution in [1.82, 2.24) is 10.2 Å². The van der Waals surface area contributed by atoms with Crippen LogP contribution in [0.5, 0.6) is 23.0 Å². The Bertz CT molecular complexity index is 1390. The highest BCUT2D eigenvalue weighted by Crippen LogP contribution is 2.36. The van der Waals surface area contributed by atoms with E-state index < -0.39 is 0 Å². The van der Waals surface area contributed by atoms with Crippen LogP contribution in [0.4, 0.5) is 16.2 Å². The lowest BCUT2D eigenvalue weighted by molar-refractivity contribution is 0.0661. The summed E-state index contributed by atoms with van der Waals surface area (Å²) in [5, 5.41) is 8.77. The third-order valence-corrected chi connectivity index (χ3v) is 8.64. The summed E-state index contributed by atoms with van der Waals surface area (Å²) >= 11 is 0. The number of hydrogen-bond acceptors (Lipinski definition) is 6. The van der Waals surface area contributed by atoms with Gasteiger partial charge in [0.2, 0.25) is 0 Å². The van der Waals surface area contributed by atoms with Crippen LogP contribution in [0.3, 0.4) is 0 Å². The van der Waals surface area contributed by atoms with Crippen LogP contribution in [0, 0.1) is 0 Å². The molecule has 2 atom stereocenters. The standard InChI is InChI=1S/C35H44N4O5/c1-5-24(6-2)37-35(41)38-26-12-19-32(33(20-26)42-7-3)44-30-17-10-25(11-18-30)36-34(40)23-8-15-29(16-9-23)43-31-21-27-13-14-28(22-31)39(27)4/h8-12,15-20,24,27-28,31H,5-7,13-14,21-22H2,1-4H3,(H,36,40)(H2,37,38,41). The fourth-order valence-electron chi connectivity index (χ4n) is 6.06. The normalized spacial score (nSPS) is 19.3. The lowest BCUT2D eigenvalue weighted by atomic mass is 10.0. The molecule has 2 aliphatic rings. The highest BCUT2D eigenvalue weighted by atomic mass is 16.5. The SMILES string of the molecule is CCOc1cc(NC(=O)NC(CC)CC)ccc1Oc1ccc(NC(=O)c2ccc(OC3CC4CCC(C3)N4C)cc2)cc1. The summed E-state index contributed by atoms with van der Waals surface area (Å²) < 4.78 is 18.1. The smallest absolute Gasteiger partial charge is 0.319 e. The Labute approximate surface area is 260 Å². The summed E-state index contributed by atoms with van der Waals surface area (Å²) in [6.45, 7) is 6.42. The van der Waals surface area contributed by atoms with Gasteiger partial charge in [-0.3, -0.25) is 4.79 Å². The molecule has 2 heterocycles. The van der Waals surface area contributed by atoms with E-state index in [1.165, 1.54) is 12.8 Å². The molecule has 2 bridgehead atoms. The van der Waals surface area contributed by atoms with Crippen LogP contribution in [0.25, 0.3) is 0 Å². The van der Waals surface area contributed by atoms with Crippen LogP contribution < -0.4 is 30.2 Å². The average molecular weight is 601 g/mol. The van der Waals surface area contributed by atoms with Gasteiger partial charge < -0.3 is 35.1 Å². The van der Waals surface area contributed by atoms with Gasteiger partial charge in [0, 0.05) is 41.1 Å². The molecule has 2 saturated heterocycles. The number of hydrogen-bond donors (Lipinski definition) is 3. The molecule has 3 N–H and O–H groups in total. The molecule has 2 aliphatic heterocycles. The van der Waals surface area contributed by atoms with E-state index in [-0.39, 0.29) is 24.1 Å². The van der Waals surface area contributed by atoms with Crippen molar-refractivity contribution >= 4 is 23.3 Å². The molecule has 44 heavy (non-hydrogen) atoms. The second-order valence-electron chi connectivity index (χ2n) is 11.6. The van der Waals surface area contributed by atoms with Gasteiger partial charge in [0.05, 0.1) is 6.61 Å². The molecule has 2 unspecified atom stereocenters. The predicted octanol–water partition coefficient (Wildman–Crippen LogP) is 7.44. The van der Waals surface area contributed by atoms with Crippen molar-refractivity contribution in [2.24, 2.45) is 0 Å². The molecule has 0 aliphatic carbocycles. The van der Waals surface area contributed by atoms with E-state index >= 15 is 0 Å². The van der Waals surface area contributed by atoms with Gasteiger partial charge in [-0.25, -0.2) is 4.79 Å². The Kier molecular flexibility index (Phi) is 10.3. The number of carbonyl (C=O) groups is 2. The molecule has 3 amide bonds. The molecule has 9 nitrogen and oxygen atoms in total. The molecule has 0 radical (unpaired) electrons. The Balaban J connectivity index is 1.14. The van der Waals surface area contributed by atoms with Crippen LogP contribution in [0.15, 0.2) is 66.7 Å². The second kappa shape index (κ2) is 14.5. The Morgan fingerprint density at radius 1 is 0.818 bits per heavy atom. The van der Waals surface area contributed by atoms with E-state index in [0.717, 1.165) is 31.4 Å². The number of piperidine rings is 1. The first kappa shape index (κ1) is 31.2. The van der Waals surface area contributed by atoms with E-state index in [0.29, 0.717) is 52.9 Å². The molecule has 3 aromatic carbocycles. The van der Waals surface area contributed by atoms with Crippen molar-refractivity contribution in [2.45, 2.75) is 83.5 Å². The maximum absolute atomic E-state index is 12.9. The van der Waals surface area contributed by atoms with Crippen LogP contribution in [0.1, 0.15) is 69.7 Å². The zero-order valence-electron chi connectivity index (χ0n) is 26.1. The molecule has 0 aromatic heterocycles. The first-order valence-electron chi connectivity index (χ1n) is 15.8. The van der Waals surface area contributed by atoms with Gasteiger partial charge in [-0.05, 0) is 113 Å². The fourth-order valence-corrected chi connectivity index (χ4v) is 6.06.